The average Bonchev–Trinajstić information content (AvgIpc) is 2.99. The first-order chi connectivity index (χ1) is 14.5. The molecular formula is C23H27N3O4. The summed E-state index contributed by atoms with van der Waals surface area (Å²) in [7, 11) is 3.28. The summed E-state index contributed by atoms with van der Waals surface area (Å²) in [5.74, 6) is 0.635. The Kier molecular flexibility index (Phi) is 5.74. The Morgan fingerprint density at radius 1 is 0.900 bits per heavy atom. The van der Waals surface area contributed by atoms with Gasteiger partial charge in [-0.25, -0.2) is 0 Å². The molecule has 2 aliphatic rings. The van der Waals surface area contributed by atoms with Crippen LogP contribution in [0.1, 0.15) is 21.5 Å². The van der Waals surface area contributed by atoms with Crippen molar-refractivity contribution in [2.24, 2.45) is 0 Å². The molecule has 30 heavy (non-hydrogen) atoms. The van der Waals surface area contributed by atoms with E-state index in [0.717, 1.165) is 38.5 Å². The number of ether oxygens (including phenoxy) is 2. The number of nitrogens with zero attached hydrogens (tertiary/aromatic N) is 3. The number of methoxy groups -OCH3 is 2. The molecule has 4 rings (SSSR count). The third kappa shape index (κ3) is 3.91. The molecule has 0 aromatic heterocycles. The molecule has 0 atom stereocenters. The van der Waals surface area contributed by atoms with Crippen LogP contribution in [0.4, 0.5) is 5.69 Å². The molecule has 0 unspecified atom stereocenters. The molecule has 0 N–H and O–H groups in total. The number of aryl methyl sites for hydroxylation is 1. The predicted octanol–water partition coefficient (Wildman–Crippen LogP) is 2.32. The van der Waals surface area contributed by atoms with Crippen LogP contribution in [0.25, 0.3) is 0 Å². The number of hydrogen-bond donors (Lipinski definition) is 0. The summed E-state index contributed by atoms with van der Waals surface area (Å²) < 4.78 is 10.8. The molecule has 0 bridgehead atoms. The Morgan fingerprint density at radius 3 is 2.33 bits per heavy atom. The quantitative estimate of drug-likeness (QED) is 0.683. The van der Waals surface area contributed by atoms with Gasteiger partial charge in [0.15, 0.2) is 0 Å². The number of anilines is 1. The van der Waals surface area contributed by atoms with Crippen LogP contribution >= 0.6 is 0 Å². The van der Waals surface area contributed by atoms with Crippen molar-refractivity contribution in [3.8, 4) is 11.5 Å². The number of benzene rings is 2. The molecule has 0 saturated carbocycles. The first-order valence-electron chi connectivity index (χ1n) is 10.1. The van der Waals surface area contributed by atoms with Crippen molar-refractivity contribution in [2.75, 3.05) is 52.0 Å². The summed E-state index contributed by atoms with van der Waals surface area (Å²) in [5.41, 5.74) is 3.49. The molecule has 2 aromatic rings. The van der Waals surface area contributed by atoms with Crippen LogP contribution in [0.5, 0.6) is 11.5 Å². The Bertz CT molecular complexity index is 967. The highest BCUT2D eigenvalue weighted by molar-refractivity contribution is 6.52. The van der Waals surface area contributed by atoms with E-state index in [1.165, 1.54) is 11.1 Å². The first-order valence-corrected chi connectivity index (χ1v) is 10.1. The lowest BCUT2D eigenvalue weighted by molar-refractivity contribution is -0.114. The number of carbonyl (C=O) groups is 2. The van der Waals surface area contributed by atoms with Crippen LogP contribution in [0, 0.1) is 6.92 Å². The van der Waals surface area contributed by atoms with Crippen molar-refractivity contribution < 1.29 is 19.1 Å². The Hall–Kier alpha value is -2.90. The zero-order valence-electron chi connectivity index (χ0n) is 17.7. The summed E-state index contributed by atoms with van der Waals surface area (Å²) in [6.45, 7) is 6.75. The molecule has 7 nitrogen and oxygen atoms in total. The van der Waals surface area contributed by atoms with Crippen molar-refractivity contribution in [1.82, 2.24) is 9.80 Å². The van der Waals surface area contributed by atoms with E-state index in [-0.39, 0.29) is 0 Å². The van der Waals surface area contributed by atoms with Gasteiger partial charge < -0.3 is 9.47 Å². The van der Waals surface area contributed by atoms with Gasteiger partial charge in [-0.15, -0.1) is 0 Å². The van der Waals surface area contributed by atoms with Gasteiger partial charge in [-0.1, -0.05) is 17.7 Å². The summed E-state index contributed by atoms with van der Waals surface area (Å²) in [6, 6.07) is 11.4. The molecule has 1 saturated heterocycles. The number of hydrogen-bond acceptors (Lipinski definition) is 6. The van der Waals surface area contributed by atoms with Crippen LogP contribution in [0.15, 0.2) is 36.4 Å². The van der Waals surface area contributed by atoms with Gasteiger partial charge >= 0.3 is 5.91 Å². The lowest BCUT2D eigenvalue weighted by Gasteiger charge is -2.36. The number of ketones is 1. The molecule has 0 spiro atoms. The van der Waals surface area contributed by atoms with E-state index < -0.39 is 11.7 Å². The Labute approximate surface area is 176 Å². The molecule has 1 fully saturated rings. The van der Waals surface area contributed by atoms with Crippen LogP contribution in [-0.4, -0.2) is 68.6 Å². The SMILES string of the molecule is COc1ccc2c(c1)N(CN1CCN(Cc3cc(C)ccc3OC)CC1)C(=O)C2=O. The van der Waals surface area contributed by atoms with Gasteiger partial charge in [0.05, 0.1) is 32.1 Å². The molecule has 2 aliphatic heterocycles. The van der Waals surface area contributed by atoms with E-state index >= 15 is 0 Å². The second kappa shape index (κ2) is 8.45. The summed E-state index contributed by atoms with van der Waals surface area (Å²) in [4.78, 5) is 31.0. The maximum atomic E-state index is 12.5. The topological polar surface area (TPSA) is 62.3 Å². The van der Waals surface area contributed by atoms with Gasteiger partial charge in [-0.3, -0.25) is 24.3 Å². The van der Waals surface area contributed by atoms with Crippen LogP contribution in [0.2, 0.25) is 0 Å². The zero-order chi connectivity index (χ0) is 21.3. The lowest BCUT2D eigenvalue weighted by Crippen LogP contribution is -2.50. The first kappa shape index (κ1) is 20.4. The van der Waals surface area contributed by atoms with Gasteiger partial charge in [-0.05, 0) is 25.1 Å². The molecule has 2 aromatic carbocycles. The smallest absolute Gasteiger partial charge is 0.300 e. The van der Waals surface area contributed by atoms with Crippen molar-refractivity contribution in [3.05, 3.63) is 53.1 Å². The van der Waals surface area contributed by atoms with E-state index in [4.69, 9.17) is 9.47 Å². The van der Waals surface area contributed by atoms with E-state index in [1.807, 2.05) is 6.07 Å². The fraction of sp³-hybridized carbons (Fsp3) is 0.391. The monoisotopic (exact) mass is 409 g/mol. The maximum Gasteiger partial charge on any atom is 0.300 e. The van der Waals surface area contributed by atoms with Gasteiger partial charge in [0, 0.05) is 44.4 Å². The largest absolute Gasteiger partial charge is 0.497 e. The molecule has 1 amide bonds. The maximum absolute atomic E-state index is 12.5. The van der Waals surface area contributed by atoms with E-state index in [2.05, 4.69) is 28.9 Å². The molecule has 0 radical (unpaired) electrons. The van der Waals surface area contributed by atoms with Crippen molar-refractivity contribution in [3.63, 3.8) is 0 Å². The summed E-state index contributed by atoms with van der Waals surface area (Å²) in [5, 5.41) is 0. The third-order valence-corrected chi connectivity index (χ3v) is 5.82. The van der Waals surface area contributed by atoms with E-state index in [9.17, 15) is 9.59 Å². The van der Waals surface area contributed by atoms with Gasteiger partial charge in [0.1, 0.15) is 11.5 Å². The third-order valence-electron chi connectivity index (χ3n) is 5.82. The number of carbonyl (C=O) groups excluding carboxylic acids is 2. The minimum absolute atomic E-state index is 0.409. The fourth-order valence-corrected chi connectivity index (χ4v) is 4.10. The van der Waals surface area contributed by atoms with Gasteiger partial charge in [-0.2, -0.15) is 0 Å². The number of piperazine rings is 1. The lowest BCUT2D eigenvalue weighted by atomic mass is 10.1. The molecule has 0 aliphatic carbocycles. The second-order valence-corrected chi connectivity index (χ2v) is 7.80. The van der Waals surface area contributed by atoms with Crippen LogP contribution in [-0.2, 0) is 11.3 Å². The average molecular weight is 409 g/mol. The zero-order valence-corrected chi connectivity index (χ0v) is 17.7. The Morgan fingerprint density at radius 2 is 1.63 bits per heavy atom. The second-order valence-electron chi connectivity index (χ2n) is 7.80. The standard InChI is InChI=1S/C23H27N3O4/c1-16-4-7-21(30-3)17(12-16)14-24-8-10-25(11-9-24)15-26-20-13-18(29-2)5-6-19(20)22(27)23(26)28/h4-7,12-13H,8-11,14-15H2,1-3H3. The van der Waals surface area contributed by atoms with Crippen molar-refractivity contribution in [1.29, 1.82) is 0 Å². The normalized spacial score (nSPS) is 17.4. The summed E-state index contributed by atoms with van der Waals surface area (Å²) >= 11 is 0. The fourth-order valence-electron chi connectivity index (χ4n) is 4.10. The van der Waals surface area contributed by atoms with Crippen LogP contribution < -0.4 is 14.4 Å². The number of Topliss-reactive ketones (excluding diaryl/α,β-unsaturated/α-hetero) is 1. The van der Waals surface area contributed by atoms with E-state index in [0.29, 0.717) is 23.7 Å². The molecular weight excluding hydrogens is 382 g/mol. The van der Waals surface area contributed by atoms with E-state index in [1.54, 1.807) is 37.3 Å². The highest BCUT2D eigenvalue weighted by Crippen LogP contribution is 2.32. The van der Waals surface area contributed by atoms with Gasteiger partial charge in [0.2, 0.25) is 0 Å². The van der Waals surface area contributed by atoms with Crippen molar-refractivity contribution in [2.45, 2.75) is 13.5 Å². The minimum Gasteiger partial charge on any atom is -0.497 e. The molecule has 158 valence electrons. The number of amides is 1. The van der Waals surface area contributed by atoms with Gasteiger partial charge in [0.25, 0.3) is 5.78 Å². The minimum atomic E-state index is -0.467. The Balaban J connectivity index is 1.40. The predicted molar refractivity (Wildman–Crippen MR) is 114 cm³/mol. The summed E-state index contributed by atoms with van der Waals surface area (Å²) in [6.07, 6.45) is 0. The molecule has 2 heterocycles. The number of rotatable bonds is 6. The van der Waals surface area contributed by atoms with Crippen molar-refractivity contribution >= 4 is 17.4 Å². The highest BCUT2D eigenvalue weighted by Gasteiger charge is 2.37. The van der Waals surface area contributed by atoms with Crippen LogP contribution in [0.3, 0.4) is 0 Å². The number of fused-ring (bicyclic) bond motifs is 1. The highest BCUT2D eigenvalue weighted by atomic mass is 16.5. The molecule has 7 heteroatoms.